The molecule has 0 radical (unpaired) electrons. The fraction of sp³-hybridized carbons (Fsp3) is 0.533. The van der Waals surface area contributed by atoms with Crippen molar-refractivity contribution < 1.29 is 9.90 Å². The molecule has 0 heterocycles. The topological polar surface area (TPSA) is 75.3 Å². The fourth-order valence-corrected chi connectivity index (χ4v) is 3.11. The largest absolute Gasteiger partial charge is 0.507 e. The lowest BCUT2D eigenvalue weighted by Gasteiger charge is -2.42. The summed E-state index contributed by atoms with van der Waals surface area (Å²) in [4.78, 5) is 12.4. The highest BCUT2D eigenvalue weighted by Crippen LogP contribution is 2.33. The van der Waals surface area contributed by atoms with Crippen LogP contribution >= 0.6 is 11.6 Å². The first-order chi connectivity index (χ1) is 9.48. The number of phenols is 1. The highest BCUT2D eigenvalue weighted by molar-refractivity contribution is 6.30. The molecular weight excluding hydrogens is 276 g/mol. The number of hydrogen-bond acceptors (Lipinski definition) is 3. The Labute approximate surface area is 124 Å². The van der Waals surface area contributed by atoms with Crippen LogP contribution in [0.2, 0.25) is 5.02 Å². The van der Waals surface area contributed by atoms with Gasteiger partial charge in [-0.2, -0.15) is 0 Å². The van der Waals surface area contributed by atoms with Gasteiger partial charge in [-0.05, 0) is 37.0 Å². The van der Waals surface area contributed by atoms with Gasteiger partial charge in [0.2, 0.25) is 0 Å². The summed E-state index contributed by atoms with van der Waals surface area (Å²) in [5.41, 5.74) is 5.78. The molecule has 110 valence electrons. The molecular formula is C15H21ClN2O2. The van der Waals surface area contributed by atoms with E-state index in [1.165, 1.54) is 18.6 Å². The predicted octanol–water partition coefficient (Wildman–Crippen LogP) is 2.68. The summed E-state index contributed by atoms with van der Waals surface area (Å²) in [7, 11) is 0. The number of phenolic OH excluding ortho intramolecular Hbond substituents is 1. The lowest BCUT2D eigenvalue weighted by molar-refractivity contribution is 0.0810. The first kappa shape index (κ1) is 15.1. The van der Waals surface area contributed by atoms with Crippen LogP contribution in [0.25, 0.3) is 0 Å². The van der Waals surface area contributed by atoms with Crippen molar-refractivity contribution in [1.29, 1.82) is 0 Å². The number of halogens is 1. The third-order valence-corrected chi connectivity index (χ3v) is 4.62. The Kier molecular flexibility index (Phi) is 4.55. The summed E-state index contributed by atoms with van der Waals surface area (Å²) < 4.78 is 0. The average molecular weight is 297 g/mol. The van der Waals surface area contributed by atoms with Crippen molar-refractivity contribution in [1.82, 2.24) is 5.32 Å². The van der Waals surface area contributed by atoms with Gasteiger partial charge in [-0.1, -0.05) is 31.4 Å². The summed E-state index contributed by atoms with van der Waals surface area (Å²) in [6.45, 7) is 2.53. The van der Waals surface area contributed by atoms with Crippen molar-refractivity contribution >= 4 is 17.5 Å². The smallest absolute Gasteiger partial charge is 0.255 e. The van der Waals surface area contributed by atoms with E-state index in [2.05, 4.69) is 12.2 Å². The number of nitrogens with two attached hydrogens (primary N) is 1. The summed E-state index contributed by atoms with van der Waals surface area (Å²) in [5, 5.41) is 13.3. The summed E-state index contributed by atoms with van der Waals surface area (Å²) >= 11 is 5.78. The molecule has 1 aliphatic carbocycles. The van der Waals surface area contributed by atoms with Crippen molar-refractivity contribution in [3.8, 4) is 5.75 Å². The quantitative estimate of drug-likeness (QED) is 0.803. The first-order valence-electron chi connectivity index (χ1n) is 6.99. The lowest BCUT2D eigenvalue weighted by Crippen LogP contribution is -2.59. The van der Waals surface area contributed by atoms with Crippen LogP contribution in [0, 0.1) is 5.92 Å². The average Bonchev–Trinajstić information content (AvgIpc) is 2.41. The van der Waals surface area contributed by atoms with E-state index in [0.29, 0.717) is 17.5 Å². The van der Waals surface area contributed by atoms with Gasteiger partial charge in [-0.3, -0.25) is 4.79 Å². The summed E-state index contributed by atoms with van der Waals surface area (Å²) in [6, 6.07) is 4.50. The van der Waals surface area contributed by atoms with Crippen LogP contribution in [-0.4, -0.2) is 23.1 Å². The number of hydrogen-bond donors (Lipinski definition) is 3. The van der Waals surface area contributed by atoms with Gasteiger partial charge < -0.3 is 16.2 Å². The van der Waals surface area contributed by atoms with Crippen LogP contribution in [0.15, 0.2) is 18.2 Å². The fourth-order valence-electron chi connectivity index (χ4n) is 2.94. The number of rotatable bonds is 3. The molecule has 0 saturated heterocycles. The Morgan fingerprint density at radius 1 is 1.55 bits per heavy atom. The molecule has 4 N–H and O–H groups in total. The number of carbonyl (C=O) groups is 1. The Bertz CT molecular complexity index is 507. The Morgan fingerprint density at radius 3 is 2.90 bits per heavy atom. The van der Waals surface area contributed by atoms with Gasteiger partial charge in [-0.25, -0.2) is 0 Å². The summed E-state index contributed by atoms with van der Waals surface area (Å²) in [6.07, 6.45) is 4.17. The highest BCUT2D eigenvalue weighted by Gasteiger charge is 2.38. The molecule has 0 bridgehead atoms. The standard InChI is InChI=1S/C15H21ClN2O2/c1-10-4-2-3-7-15(10,9-17)18-14(20)12-6-5-11(16)8-13(12)19/h5-6,8,10,19H,2-4,7,9,17H2,1H3,(H,18,20). The molecule has 1 saturated carbocycles. The highest BCUT2D eigenvalue weighted by atomic mass is 35.5. The molecule has 4 nitrogen and oxygen atoms in total. The molecule has 0 spiro atoms. The van der Waals surface area contributed by atoms with Crippen molar-refractivity contribution in [2.75, 3.05) is 6.54 Å². The number of benzene rings is 1. The van der Waals surface area contributed by atoms with E-state index in [1.807, 2.05) is 0 Å². The molecule has 5 heteroatoms. The maximum absolute atomic E-state index is 12.4. The maximum Gasteiger partial charge on any atom is 0.255 e. The van der Waals surface area contributed by atoms with Crippen LogP contribution in [0.3, 0.4) is 0 Å². The van der Waals surface area contributed by atoms with Crippen molar-refractivity contribution in [2.45, 2.75) is 38.1 Å². The molecule has 0 aliphatic heterocycles. The monoisotopic (exact) mass is 296 g/mol. The Balaban J connectivity index is 2.20. The van der Waals surface area contributed by atoms with E-state index in [-0.39, 0.29) is 22.8 Å². The van der Waals surface area contributed by atoms with Crippen LogP contribution in [0.4, 0.5) is 0 Å². The van der Waals surface area contributed by atoms with E-state index >= 15 is 0 Å². The zero-order chi connectivity index (χ0) is 14.8. The van der Waals surface area contributed by atoms with Crippen LogP contribution in [0.1, 0.15) is 43.0 Å². The minimum atomic E-state index is -0.374. The van der Waals surface area contributed by atoms with E-state index in [1.54, 1.807) is 6.07 Å². The Morgan fingerprint density at radius 2 is 2.30 bits per heavy atom. The van der Waals surface area contributed by atoms with Crippen LogP contribution in [0.5, 0.6) is 5.75 Å². The third kappa shape index (κ3) is 2.91. The van der Waals surface area contributed by atoms with Crippen LogP contribution < -0.4 is 11.1 Å². The van der Waals surface area contributed by atoms with Crippen LogP contribution in [-0.2, 0) is 0 Å². The van der Waals surface area contributed by atoms with Gasteiger partial charge in [0, 0.05) is 11.6 Å². The normalized spacial score (nSPS) is 26.2. The molecule has 2 rings (SSSR count). The second-order valence-electron chi connectivity index (χ2n) is 5.62. The zero-order valence-electron chi connectivity index (χ0n) is 11.7. The van der Waals surface area contributed by atoms with E-state index in [4.69, 9.17) is 17.3 Å². The summed E-state index contributed by atoms with van der Waals surface area (Å²) in [5.74, 6) is -0.0661. The molecule has 1 fully saturated rings. The number of carbonyl (C=O) groups excluding carboxylic acids is 1. The number of amides is 1. The molecule has 0 aromatic heterocycles. The Hall–Kier alpha value is -1.26. The van der Waals surface area contributed by atoms with Gasteiger partial charge >= 0.3 is 0 Å². The second-order valence-corrected chi connectivity index (χ2v) is 6.06. The SMILES string of the molecule is CC1CCCCC1(CN)NC(=O)c1ccc(Cl)cc1O. The minimum Gasteiger partial charge on any atom is -0.507 e. The van der Waals surface area contributed by atoms with Gasteiger partial charge in [0.05, 0.1) is 11.1 Å². The minimum absolute atomic E-state index is 0.106. The lowest BCUT2D eigenvalue weighted by atomic mass is 9.73. The third-order valence-electron chi connectivity index (χ3n) is 4.38. The van der Waals surface area contributed by atoms with E-state index in [0.717, 1.165) is 19.3 Å². The first-order valence-corrected chi connectivity index (χ1v) is 7.37. The van der Waals surface area contributed by atoms with Crippen molar-refractivity contribution in [3.05, 3.63) is 28.8 Å². The number of nitrogens with one attached hydrogen (secondary N) is 1. The maximum atomic E-state index is 12.4. The molecule has 1 aromatic rings. The van der Waals surface area contributed by atoms with Gasteiger partial charge in [0.1, 0.15) is 5.75 Å². The molecule has 20 heavy (non-hydrogen) atoms. The second kappa shape index (κ2) is 6.02. The van der Waals surface area contributed by atoms with Gasteiger partial charge in [0.15, 0.2) is 0 Å². The molecule has 1 aromatic carbocycles. The molecule has 2 atom stereocenters. The van der Waals surface area contributed by atoms with Crippen molar-refractivity contribution in [2.24, 2.45) is 11.7 Å². The van der Waals surface area contributed by atoms with E-state index in [9.17, 15) is 9.90 Å². The molecule has 2 unspecified atom stereocenters. The predicted molar refractivity (Wildman–Crippen MR) is 80.0 cm³/mol. The molecule has 1 amide bonds. The molecule has 1 aliphatic rings. The van der Waals surface area contributed by atoms with Gasteiger partial charge in [0.25, 0.3) is 5.91 Å². The number of aromatic hydroxyl groups is 1. The van der Waals surface area contributed by atoms with Gasteiger partial charge in [-0.15, -0.1) is 0 Å². The van der Waals surface area contributed by atoms with Crippen molar-refractivity contribution in [3.63, 3.8) is 0 Å². The zero-order valence-corrected chi connectivity index (χ0v) is 12.4. The van der Waals surface area contributed by atoms with E-state index < -0.39 is 0 Å².